The molecule has 0 bridgehead atoms. The highest BCUT2D eigenvalue weighted by Gasteiger charge is 2.21. The number of hydrogen-bond acceptors (Lipinski definition) is 1. The molecule has 0 atom stereocenters. The summed E-state index contributed by atoms with van der Waals surface area (Å²) in [4.78, 5) is 2.42. The van der Waals surface area contributed by atoms with Crippen molar-refractivity contribution in [3.63, 3.8) is 0 Å². The van der Waals surface area contributed by atoms with E-state index >= 15 is 0 Å². The van der Waals surface area contributed by atoms with Crippen molar-refractivity contribution in [2.24, 2.45) is 0 Å². The third-order valence-electron chi connectivity index (χ3n) is 11.5. The van der Waals surface area contributed by atoms with Gasteiger partial charge in [0.05, 0.1) is 16.7 Å². The SMILES string of the molecule is c1ccc(-n2c3ccccc3c3c(N(c4ccc(-c5cccc(-c6ccc7ccccc7c6)c5)cc4)c4ccc(-c5ccc6ccccc6c5)cc4)cccc32)cc1. The van der Waals surface area contributed by atoms with Crippen LogP contribution in [0.5, 0.6) is 0 Å². The Bertz CT molecular complexity index is 3270. The number of nitrogens with zero attached hydrogens (tertiary/aromatic N) is 2. The predicted molar refractivity (Wildman–Crippen MR) is 247 cm³/mol. The van der Waals surface area contributed by atoms with Crippen molar-refractivity contribution in [1.29, 1.82) is 0 Å². The molecule has 0 spiro atoms. The van der Waals surface area contributed by atoms with Crippen molar-refractivity contribution < 1.29 is 0 Å². The second kappa shape index (κ2) is 14.1. The van der Waals surface area contributed by atoms with E-state index in [2.05, 4.69) is 240 Å². The van der Waals surface area contributed by atoms with Gasteiger partial charge in [-0.15, -0.1) is 0 Å². The molecule has 0 fully saturated rings. The Hall–Kier alpha value is -7.68. The molecule has 0 amide bonds. The predicted octanol–water partition coefficient (Wildman–Crippen LogP) is 15.6. The number of hydrogen-bond donors (Lipinski definition) is 0. The Labute approximate surface area is 338 Å². The molecule has 0 saturated heterocycles. The standard InChI is InChI=1S/C56H38N2/c1-2-18-49(19-3-1)58-53-21-9-8-20-52(53)56-54(22-11-23-55(56)58)57(51-34-30-42(31-35-51)47-26-24-39-12-4-6-14-43(39)37-47)50-32-28-41(29-33-50)45-16-10-17-46(36-45)48-27-25-40-13-5-7-15-44(40)38-48/h1-38H. The zero-order chi connectivity index (χ0) is 38.4. The minimum Gasteiger partial charge on any atom is -0.310 e. The van der Waals surface area contributed by atoms with E-state index in [4.69, 9.17) is 0 Å². The van der Waals surface area contributed by atoms with E-state index in [1.165, 1.54) is 76.7 Å². The van der Waals surface area contributed by atoms with E-state index in [1.54, 1.807) is 0 Å². The van der Waals surface area contributed by atoms with Crippen LogP contribution in [0.3, 0.4) is 0 Å². The summed E-state index contributed by atoms with van der Waals surface area (Å²) in [5.74, 6) is 0. The van der Waals surface area contributed by atoms with Crippen LogP contribution in [0, 0.1) is 0 Å². The van der Waals surface area contributed by atoms with Crippen LogP contribution in [0.4, 0.5) is 17.1 Å². The zero-order valence-corrected chi connectivity index (χ0v) is 31.8. The molecule has 0 N–H and O–H groups in total. The first-order valence-corrected chi connectivity index (χ1v) is 19.9. The maximum atomic E-state index is 2.42. The monoisotopic (exact) mass is 738 g/mol. The molecule has 0 aliphatic carbocycles. The smallest absolute Gasteiger partial charge is 0.0562 e. The number of rotatable bonds is 7. The Morgan fingerprint density at radius 1 is 0.293 bits per heavy atom. The number of fused-ring (bicyclic) bond motifs is 5. The van der Waals surface area contributed by atoms with Crippen molar-refractivity contribution in [3.8, 4) is 39.1 Å². The summed E-state index contributed by atoms with van der Waals surface area (Å²) in [5.41, 5.74) is 14.0. The molecule has 2 heteroatoms. The van der Waals surface area contributed by atoms with Gasteiger partial charge in [-0.1, -0.05) is 158 Å². The van der Waals surface area contributed by atoms with E-state index in [0.717, 1.165) is 22.7 Å². The van der Waals surface area contributed by atoms with E-state index in [1.807, 2.05) is 0 Å². The van der Waals surface area contributed by atoms with Gasteiger partial charge in [-0.2, -0.15) is 0 Å². The van der Waals surface area contributed by atoms with Crippen LogP contribution in [-0.2, 0) is 0 Å². The molecule has 10 aromatic carbocycles. The third-order valence-corrected chi connectivity index (χ3v) is 11.5. The average Bonchev–Trinajstić information content (AvgIpc) is 3.65. The van der Waals surface area contributed by atoms with E-state index < -0.39 is 0 Å². The van der Waals surface area contributed by atoms with Gasteiger partial charge in [0.2, 0.25) is 0 Å². The van der Waals surface area contributed by atoms with E-state index in [0.29, 0.717) is 0 Å². The first kappa shape index (κ1) is 33.6. The normalized spacial score (nSPS) is 11.4. The van der Waals surface area contributed by atoms with Crippen LogP contribution >= 0.6 is 0 Å². The molecule has 58 heavy (non-hydrogen) atoms. The van der Waals surface area contributed by atoms with Crippen LogP contribution in [0.1, 0.15) is 0 Å². The van der Waals surface area contributed by atoms with Crippen molar-refractivity contribution in [3.05, 3.63) is 231 Å². The van der Waals surface area contributed by atoms with Gasteiger partial charge < -0.3 is 9.47 Å². The van der Waals surface area contributed by atoms with Crippen molar-refractivity contribution >= 4 is 60.4 Å². The van der Waals surface area contributed by atoms with Gasteiger partial charge in [-0.3, -0.25) is 0 Å². The van der Waals surface area contributed by atoms with Crippen LogP contribution < -0.4 is 4.90 Å². The highest BCUT2D eigenvalue weighted by atomic mass is 15.1. The van der Waals surface area contributed by atoms with Crippen LogP contribution in [-0.4, -0.2) is 4.57 Å². The first-order chi connectivity index (χ1) is 28.7. The van der Waals surface area contributed by atoms with Gasteiger partial charge in [0, 0.05) is 27.8 Å². The second-order valence-corrected chi connectivity index (χ2v) is 15.0. The zero-order valence-electron chi connectivity index (χ0n) is 31.8. The molecular weight excluding hydrogens is 701 g/mol. The average molecular weight is 739 g/mol. The summed E-state index contributed by atoms with van der Waals surface area (Å²) in [7, 11) is 0. The number of benzene rings is 10. The Balaban J connectivity index is 1.04. The maximum Gasteiger partial charge on any atom is 0.0562 e. The van der Waals surface area contributed by atoms with E-state index in [9.17, 15) is 0 Å². The van der Waals surface area contributed by atoms with Crippen molar-refractivity contribution in [2.75, 3.05) is 4.90 Å². The van der Waals surface area contributed by atoms with Crippen molar-refractivity contribution in [1.82, 2.24) is 4.57 Å². The largest absolute Gasteiger partial charge is 0.310 e. The van der Waals surface area contributed by atoms with Gasteiger partial charge in [-0.25, -0.2) is 0 Å². The van der Waals surface area contributed by atoms with Gasteiger partial charge in [0.15, 0.2) is 0 Å². The Kier molecular flexibility index (Phi) is 8.19. The number of para-hydroxylation sites is 2. The fourth-order valence-electron chi connectivity index (χ4n) is 8.69. The lowest BCUT2D eigenvalue weighted by atomic mass is 9.97. The molecule has 1 aromatic heterocycles. The molecular formula is C56H38N2. The number of aromatic nitrogens is 1. The second-order valence-electron chi connectivity index (χ2n) is 15.0. The molecule has 2 nitrogen and oxygen atoms in total. The van der Waals surface area contributed by atoms with Crippen LogP contribution in [0.25, 0.3) is 82.4 Å². The molecule has 0 aliphatic heterocycles. The first-order valence-electron chi connectivity index (χ1n) is 19.9. The summed E-state index contributed by atoms with van der Waals surface area (Å²) < 4.78 is 2.39. The fourth-order valence-corrected chi connectivity index (χ4v) is 8.69. The van der Waals surface area contributed by atoms with Crippen LogP contribution in [0.2, 0.25) is 0 Å². The summed E-state index contributed by atoms with van der Waals surface area (Å²) in [6, 6.07) is 83.7. The van der Waals surface area contributed by atoms with Crippen molar-refractivity contribution in [2.45, 2.75) is 0 Å². The summed E-state index contributed by atoms with van der Waals surface area (Å²) in [6.07, 6.45) is 0. The van der Waals surface area contributed by atoms with Gasteiger partial charge >= 0.3 is 0 Å². The molecule has 272 valence electrons. The quantitative estimate of drug-likeness (QED) is 0.158. The lowest BCUT2D eigenvalue weighted by Crippen LogP contribution is -2.10. The Morgan fingerprint density at radius 2 is 0.759 bits per heavy atom. The fraction of sp³-hybridized carbons (Fsp3) is 0. The van der Waals surface area contributed by atoms with Gasteiger partial charge in [-0.05, 0) is 128 Å². The molecule has 0 saturated carbocycles. The third kappa shape index (κ3) is 5.91. The van der Waals surface area contributed by atoms with Gasteiger partial charge in [0.1, 0.15) is 0 Å². The topological polar surface area (TPSA) is 8.17 Å². The number of anilines is 3. The lowest BCUT2D eigenvalue weighted by molar-refractivity contribution is 1.18. The molecule has 11 rings (SSSR count). The van der Waals surface area contributed by atoms with E-state index in [-0.39, 0.29) is 0 Å². The highest BCUT2D eigenvalue weighted by Crippen LogP contribution is 2.44. The summed E-state index contributed by atoms with van der Waals surface area (Å²) >= 11 is 0. The summed E-state index contributed by atoms with van der Waals surface area (Å²) in [5, 5.41) is 7.44. The van der Waals surface area contributed by atoms with Crippen LogP contribution in [0.15, 0.2) is 231 Å². The highest BCUT2D eigenvalue weighted by molar-refractivity contribution is 6.16. The molecule has 0 aliphatic rings. The minimum atomic E-state index is 1.09. The molecule has 1 heterocycles. The maximum absolute atomic E-state index is 2.42. The van der Waals surface area contributed by atoms with Gasteiger partial charge in [0.25, 0.3) is 0 Å². The summed E-state index contributed by atoms with van der Waals surface area (Å²) in [6.45, 7) is 0. The molecule has 0 radical (unpaired) electrons. The minimum absolute atomic E-state index is 1.09. The molecule has 11 aromatic rings. The molecule has 0 unspecified atom stereocenters. The Morgan fingerprint density at radius 3 is 1.40 bits per heavy atom. The lowest BCUT2D eigenvalue weighted by Gasteiger charge is -2.27.